The molecule has 2 saturated carbocycles. The molecular formula is C15H30N2. The van der Waals surface area contributed by atoms with Crippen LogP contribution in [0.25, 0.3) is 0 Å². The Morgan fingerprint density at radius 2 is 1.59 bits per heavy atom. The van der Waals surface area contributed by atoms with Crippen LogP contribution in [-0.4, -0.2) is 37.6 Å². The number of nitrogens with one attached hydrogen (secondary N) is 1. The third kappa shape index (κ3) is 4.26. The highest BCUT2D eigenvalue weighted by Gasteiger charge is 2.33. The predicted molar refractivity (Wildman–Crippen MR) is 74.2 cm³/mol. The van der Waals surface area contributed by atoms with Crippen molar-refractivity contribution in [3.8, 4) is 0 Å². The van der Waals surface area contributed by atoms with Crippen molar-refractivity contribution < 1.29 is 0 Å². The van der Waals surface area contributed by atoms with Gasteiger partial charge in [-0.25, -0.2) is 0 Å². The van der Waals surface area contributed by atoms with Crippen molar-refractivity contribution in [2.24, 2.45) is 17.3 Å². The minimum atomic E-state index is 0.374. The fourth-order valence-corrected chi connectivity index (χ4v) is 2.64. The van der Waals surface area contributed by atoms with Crippen molar-refractivity contribution in [1.29, 1.82) is 0 Å². The van der Waals surface area contributed by atoms with Crippen LogP contribution >= 0.6 is 0 Å². The third-order valence-electron chi connectivity index (χ3n) is 4.66. The van der Waals surface area contributed by atoms with Crippen LogP contribution in [0.3, 0.4) is 0 Å². The van der Waals surface area contributed by atoms with Crippen molar-refractivity contribution in [2.75, 3.05) is 26.7 Å². The summed E-state index contributed by atoms with van der Waals surface area (Å²) in [6.07, 6.45) is 5.90. The van der Waals surface area contributed by atoms with Gasteiger partial charge in [0.1, 0.15) is 0 Å². The molecule has 1 unspecified atom stereocenters. The van der Waals surface area contributed by atoms with Crippen molar-refractivity contribution >= 4 is 0 Å². The van der Waals surface area contributed by atoms with E-state index in [1.54, 1.807) is 0 Å². The summed E-state index contributed by atoms with van der Waals surface area (Å²) >= 11 is 0. The van der Waals surface area contributed by atoms with Crippen LogP contribution in [0.1, 0.15) is 46.5 Å². The topological polar surface area (TPSA) is 15.3 Å². The summed E-state index contributed by atoms with van der Waals surface area (Å²) in [5.74, 6) is 2.05. The highest BCUT2D eigenvalue weighted by molar-refractivity contribution is 4.88. The van der Waals surface area contributed by atoms with E-state index in [1.165, 1.54) is 45.3 Å². The summed E-state index contributed by atoms with van der Waals surface area (Å²) in [6, 6.07) is 0.586. The first-order valence-electron chi connectivity index (χ1n) is 7.41. The number of nitrogens with zero attached hydrogens (tertiary/aromatic N) is 1. The minimum absolute atomic E-state index is 0.374. The summed E-state index contributed by atoms with van der Waals surface area (Å²) in [5.41, 5.74) is 0.374. The van der Waals surface area contributed by atoms with Gasteiger partial charge in [-0.1, -0.05) is 13.8 Å². The first-order valence-corrected chi connectivity index (χ1v) is 7.41. The average Bonchev–Trinajstić information content (AvgIpc) is 3.11. The third-order valence-corrected chi connectivity index (χ3v) is 4.66. The molecule has 1 N–H and O–H groups in total. The Morgan fingerprint density at radius 3 is 1.94 bits per heavy atom. The first-order chi connectivity index (χ1) is 8.01. The van der Waals surface area contributed by atoms with Crippen LogP contribution in [0.4, 0.5) is 0 Å². The van der Waals surface area contributed by atoms with E-state index in [1.807, 2.05) is 0 Å². The Balaban J connectivity index is 1.84. The molecule has 17 heavy (non-hydrogen) atoms. The minimum Gasteiger partial charge on any atom is -0.317 e. The lowest BCUT2D eigenvalue weighted by Crippen LogP contribution is -2.46. The molecular weight excluding hydrogens is 208 g/mol. The Hall–Kier alpha value is -0.0800. The van der Waals surface area contributed by atoms with E-state index < -0.39 is 0 Å². The second-order valence-electron chi connectivity index (χ2n) is 7.08. The van der Waals surface area contributed by atoms with Crippen LogP contribution in [0.15, 0.2) is 0 Å². The molecule has 0 spiro atoms. The molecule has 0 aromatic carbocycles. The molecule has 2 fully saturated rings. The molecule has 0 amide bonds. The molecule has 2 nitrogen and oxygen atoms in total. The van der Waals surface area contributed by atoms with Crippen LogP contribution in [-0.2, 0) is 0 Å². The summed E-state index contributed by atoms with van der Waals surface area (Å²) < 4.78 is 0. The largest absolute Gasteiger partial charge is 0.317 e. The molecule has 0 heterocycles. The highest BCUT2D eigenvalue weighted by Crippen LogP contribution is 2.35. The number of rotatable bonds is 8. The summed E-state index contributed by atoms with van der Waals surface area (Å²) in [4.78, 5) is 2.75. The molecule has 2 aliphatic rings. The van der Waals surface area contributed by atoms with Gasteiger partial charge in [-0.15, -0.1) is 0 Å². The maximum absolute atomic E-state index is 3.42. The lowest BCUT2D eigenvalue weighted by Gasteiger charge is -2.37. The standard InChI is InChI=1S/C15H30N2/c1-12(16-4)15(2,3)11-17(9-13-5-6-13)10-14-7-8-14/h12-14,16H,5-11H2,1-4H3. The van der Waals surface area contributed by atoms with Gasteiger partial charge in [-0.05, 0) is 56.9 Å². The van der Waals surface area contributed by atoms with Crippen LogP contribution < -0.4 is 5.32 Å². The molecule has 1 atom stereocenters. The van der Waals surface area contributed by atoms with Crippen LogP contribution in [0.5, 0.6) is 0 Å². The molecule has 2 heteroatoms. The summed E-state index contributed by atoms with van der Waals surface area (Å²) in [7, 11) is 2.08. The normalized spacial score (nSPS) is 23.1. The van der Waals surface area contributed by atoms with Crippen molar-refractivity contribution in [2.45, 2.75) is 52.5 Å². The maximum Gasteiger partial charge on any atom is 0.00991 e. The molecule has 2 aliphatic carbocycles. The zero-order chi connectivity index (χ0) is 12.5. The van der Waals surface area contributed by atoms with Crippen molar-refractivity contribution in [1.82, 2.24) is 10.2 Å². The van der Waals surface area contributed by atoms with Gasteiger partial charge >= 0.3 is 0 Å². The summed E-state index contributed by atoms with van der Waals surface area (Å²) in [5, 5.41) is 3.42. The zero-order valence-corrected chi connectivity index (χ0v) is 12.1. The molecule has 0 aliphatic heterocycles. The first kappa shape index (κ1) is 13.4. The van der Waals surface area contributed by atoms with Gasteiger partial charge in [0.05, 0.1) is 0 Å². The van der Waals surface area contributed by atoms with E-state index in [-0.39, 0.29) is 0 Å². The average molecular weight is 238 g/mol. The van der Waals surface area contributed by atoms with Crippen LogP contribution in [0, 0.1) is 17.3 Å². The Kier molecular flexibility index (Phi) is 4.14. The monoisotopic (exact) mass is 238 g/mol. The number of hydrogen-bond donors (Lipinski definition) is 1. The van der Waals surface area contributed by atoms with Crippen LogP contribution in [0.2, 0.25) is 0 Å². The van der Waals surface area contributed by atoms with Gasteiger partial charge in [0, 0.05) is 25.7 Å². The van der Waals surface area contributed by atoms with Gasteiger partial charge in [0.15, 0.2) is 0 Å². The Labute approximate surface area is 107 Å². The fourth-order valence-electron chi connectivity index (χ4n) is 2.64. The second-order valence-corrected chi connectivity index (χ2v) is 7.08. The van der Waals surface area contributed by atoms with E-state index in [4.69, 9.17) is 0 Å². The molecule has 0 saturated heterocycles. The molecule has 0 bridgehead atoms. The predicted octanol–water partition coefficient (Wildman–Crippen LogP) is 2.74. The lowest BCUT2D eigenvalue weighted by molar-refractivity contribution is 0.137. The van der Waals surface area contributed by atoms with Gasteiger partial charge in [0.25, 0.3) is 0 Å². The zero-order valence-electron chi connectivity index (χ0n) is 12.1. The van der Waals surface area contributed by atoms with E-state index in [0.717, 1.165) is 11.8 Å². The smallest absolute Gasteiger partial charge is 0.00991 e. The maximum atomic E-state index is 3.42. The van der Waals surface area contributed by atoms with Gasteiger partial charge in [-0.2, -0.15) is 0 Å². The quantitative estimate of drug-likeness (QED) is 0.699. The lowest BCUT2D eigenvalue weighted by atomic mass is 9.84. The van der Waals surface area contributed by atoms with Gasteiger partial charge in [0.2, 0.25) is 0 Å². The van der Waals surface area contributed by atoms with E-state index in [0.29, 0.717) is 11.5 Å². The molecule has 0 aromatic heterocycles. The summed E-state index contributed by atoms with van der Waals surface area (Å²) in [6.45, 7) is 11.1. The Bertz CT molecular complexity index is 227. The molecule has 2 rings (SSSR count). The SMILES string of the molecule is CNC(C)C(C)(C)CN(CC1CC1)CC1CC1. The molecule has 100 valence electrons. The van der Waals surface area contributed by atoms with E-state index in [9.17, 15) is 0 Å². The number of hydrogen-bond acceptors (Lipinski definition) is 2. The molecule has 0 aromatic rings. The Morgan fingerprint density at radius 1 is 1.12 bits per heavy atom. The van der Waals surface area contributed by atoms with E-state index >= 15 is 0 Å². The van der Waals surface area contributed by atoms with Gasteiger partial charge < -0.3 is 10.2 Å². The molecule has 0 radical (unpaired) electrons. The van der Waals surface area contributed by atoms with Gasteiger partial charge in [-0.3, -0.25) is 0 Å². The second kappa shape index (κ2) is 5.27. The fraction of sp³-hybridized carbons (Fsp3) is 1.00. The van der Waals surface area contributed by atoms with Crippen molar-refractivity contribution in [3.63, 3.8) is 0 Å². The van der Waals surface area contributed by atoms with E-state index in [2.05, 4.69) is 38.0 Å². The van der Waals surface area contributed by atoms with Crippen molar-refractivity contribution in [3.05, 3.63) is 0 Å². The highest BCUT2D eigenvalue weighted by atomic mass is 15.1.